The highest BCUT2D eigenvalue weighted by Gasteiger charge is 2.33. The Labute approximate surface area is 215 Å². The summed E-state index contributed by atoms with van der Waals surface area (Å²) in [6.07, 6.45) is 0. The fourth-order valence-electron chi connectivity index (χ4n) is 5.15. The number of methoxy groups -OCH3 is 2. The van der Waals surface area contributed by atoms with Crippen LogP contribution >= 0.6 is 0 Å². The molecular formula is C27H33N7O3. The maximum Gasteiger partial charge on any atom is 0.253 e. The van der Waals surface area contributed by atoms with E-state index in [2.05, 4.69) is 49.4 Å². The summed E-state index contributed by atoms with van der Waals surface area (Å²) in [6, 6.07) is 13.8. The lowest BCUT2D eigenvalue weighted by molar-refractivity contribution is 0.171. The van der Waals surface area contributed by atoms with Gasteiger partial charge < -0.3 is 19.4 Å². The average Bonchev–Trinajstić information content (AvgIpc) is 3.38. The predicted octanol–water partition coefficient (Wildman–Crippen LogP) is 2.70. The second-order valence-corrected chi connectivity index (χ2v) is 9.39. The Balaban J connectivity index is 1.54. The molecule has 1 atom stereocenters. The van der Waals surface area contributed by atoms with Gasteiger partial charge in [-0.1, -0.05) is 24.3 Å². The smallest absolute Gasteiger partial charge is 0.253 e. The van der Waals surface area contributed by atoms with Gasteiger partial charge in [0.25, 0.3) is 5.56 Å². The van der Waals surface area contributed by atoms with E-state index in [1.165, 1.54) is 0 Å². The van der Waals surface area contributed by atoms with Gasteiger partial charge in [0.1, 0.15) is 11.8 Å². The van der Waals surface area contributed by atoms with Crippen molar-refractivity contribution in [2.45, 2.75) is 26.4 Å². The predicted molar refractivity (Wildman–Crippen MR) is 142 cm³/mol. The third-order valence-corrected chi connectivity index (χ3v) is 7.18. The number of rotatable bonds is 8. The number of pyridine rings is 1. The first-order valence-electron chi connectivity index (χ1n) is 12.5. The van der Waals surface area contributed by atoms with Crippen molar-refractivity contribution in [3.63, 3.8) is 0 Å². The first kappa shape index (κ1) is 24.9. The van der Waals surface area contributed by atoms with Crippen LogP contribution in [0.5, 0.6) is 5.75 Å². The van der Waals surface area contributed by atoms with Gasteiger partial charge in [-0.25, -0.2) is 4.68 Å². The van der Waals surface area contributed by atoms with Crippen LogP contribution in [0.3, 0.4) is 0 Å². The molecule has 0 bridgehead atoms. The van der Waals surface area contributed by atoms with Crippen molar-refractivity contribution >= 4 is 16.6 Å². The molecule has 0 saturated carbocycles. The summed E-state index contributed by atoms with van der Waals surface area (Å²) in [5, 5.41) is 13.6. The third kappa shape index (κ3) is 4.82. The van der Waals surface area contributed by atoms with Gasteiger partial charge in [0.15, 0.2) is 5.82 Å². The molecule has 1 aliphatic rings. The van der Waals surface area contributed by atoms with Gasteiger partial charge in [-0.2, -0.15) is 0 Å². The van der Waals surface area contributed by atoms with Gasteiger partial charge in [0, 0.05) is 44.2 Å². The highest BCUT2D eigenvalue weighted by molar-refractivity contribution is 5.85. The Morgan fingerprint density at radius 2 is 1.78 bits per heavy atom. The Hall–Kier alpha value is -3.76. The zero-order chi connectivity index (χ0) is 25.9. The number of fused-ring (bicyclic) bond motifs is 1. The zero-order valence-corrected chi connectivity index (χ0v) is 21.8. The van der Waals surface area contributed by atoms with Gasteiger partial charge in [-0.15, -0.1) is 5.10 Å². The van der Waals surface area contributed by atoms with E-state index < -0.39 is 6.04 Å². The maximum absolute atomic E-state index is 13.6. The highest BCUT2D eigenvalue weighted by Crippen LogP contribution is 2.32. The molecular weight excluding hydrogens is 470 g/mol. The summed E-state index contributed by atoms with van der Waals surface area (Å²) in [4.78, 5) is 21.3. The molecule has 10 nitrogen and oxygen atoms in total. The molecule has 0 spiro atoms. The number of benzene rings is 2. The van der Waals surface area contributed by atoms with Gasteiger partial charge in [0.2, 0.25) is 0 Å². The van der Waals surface area contributed by atoms with Crippen molar-refractivity contribution in [1.29, 1.82) is 0 Å². The average molecular weight is 504 g/mol. The lowest BCUT2D eigenvalue weighted by Gasteiger charge is -2.40. The molecule has 0 radical (unpaired) electrons. The number of piperazine rings is 1. The van der Waals surface area contributed by atoms with Crippen molar-refractivity contribution < 1.29 is 9.47 Å². The standard InChI is InChI=1S/C27H33N7O3/c1-18-9-10-19(2)24-20(18)17-21(27(35)28-24)25(26-29-30-31-34(26)15-16-36-3)33-13-11-32(12-14-33)22-7-5-6-8-23(22)37-4/h5-10,17,25H,11-16H2,1-4H3,(H,28,35). The van der Waals surface area contributed by atoms with Crippen LogP contribution in [0.1, 0.15) is 28.6 Å². The second-order valence-electron chi connectivity index (χ2n) is 9.39. The number of anilines is 1. The van der Waals surface area contributed by atoms with Gasteiger partial charge in [-0.3, -0.25) is 9.69 Å². The number of para-hydroxylation sites is 2. The molecule has 2 aromatic heterocycles. The number of nitrogens with one attached hydrogen (secondary N) is 1. The first-order valence-corrected chi connectivity index (χ1v) is 12.5. The van der Waals surface area contributed by atoms with E-state index in [1.54, 1.807) is 18.9 Å². The SMILES string of the molecule is COCCn1nnnc1C(c1cc2c(C)ccc(C)c2[nH]c1=O)N1CCN(c2ccccc2OC)CC1. The summed E-state index contributed by atoms with van der Waals surface area (Å²) in [7, 11) is 3.35. The van der Waals surface area contributed by atoms with Crippen molar-refractivity contribution in [2.24, 2.45) is 0 Å². The summed E-state index contributed by atoms with van der Waals surface area (Å²) in [5.41, 5.74) is 4.60. The molecule has 1 aliphatic heterocycles. The van der Waals surface area contributed by atoms with E-state index in [-0.39, 0.29) is 5.56 Å². The molecule has 0 amide bonds. The molecule has 1 fully saturated rings. The van der Waals surface area contributed by atoms with E-state index in [0.29, 0.717) is 24.5 Å². The zero-order valence-electron chi connectivity index (χ0n) is 21.8. The Kier molecular flexibility index (Phi) is 7.20. The van der Waals surface area contributed by atoms with Crippen LogP contribution in [-0.4, -0.2) is 77.1 Å². The number of H-pyrrole nitrogens is 1. The van der Waals surface area contributed by atoms with Crippen LogP contribution in [0.2, 0.25) is 0 Å². The summed E-state index contributed by atoms with van der Waals surface area (Å²) in [6.45, 7) is 8.05. The third-order valence-electron chi connectivity index (χ3n) is 7.18. The molecule has 10 heteroatoms. The van der Waals surface area contributed by atoms with E-state index >= 15 is 0 Å². The van der Waals surface area contributed by atoms with Crippen molar-refractivity contribution in [3.05, 3.63) is 75.3 Å². The van der Waals surface area contributed by atoms with Gasteiger partial charge in [-0.05, 0) is 53.6 Å². The molecule has 0 aliphatic carbocycles. The van der Waals surface area contributed by atoms with E-state index in [9.17, 15) is 4.79 Å². The van der Waals surface area contributed by atoms with Crippen molar-refractivity contribution in [3.8, 4) is 5.75 Å². The molecule has 3 heterocycles. The second kappa shape index (κ2) is 10.7. The van der Waals surface area contributed by atoms with E-state index in [1.807, 2.05) is 37.3 Å². The number of hydrogen-bond donors (Lipinski definition) is 1. The number of aromatic amines is 1. The highest BCUT2D eigenvalue weighted by atomic mass is 16.5. The summed E-state index contributed by atoms with van der Waals surface area (Å²) >= 11 is 0. The number of tetrazole rings is 1. The summed E-state index contributed by atoms with van der Waals surface area (Å²) < 4.78 is 12.6. The Bertz CT molecular complexity index is 1440. The minimum absolute atomic E-state index is 0.125. The van der Waals surface area contributed by atoms with Crippen LogP contribution in [0.25, 0.3) is 10.9 Å². The van der Waals surface area contributed by atoms with Crippen LogP contribution in [0, 0.1) is 13.8 Å². The van der Waals surface area contributed by atoms with Crippen LogP contribution in [0.15, 0.2) is 47.3 Å². The number of ether oxygens (including phenoxy) is 2. The number of hydrogen-bond acceptors (Lipinski definition) is 8. The maximum atomic E-state index is 13.6. The van der Waals surface area contributed by atoms with E-state index in [0.717, 1.165) is 59.6 Å². The molecule has 4 aromatic rings. The molecule has 5 rings (SSSR count). The normalized spacial score (nSPS) is 15.3. The molecule has 1 unspecified atom stereocenters. The number of aromatic nitrogens is 5. The monoisotopic (exact) mass is 503 g/mol. The lowest BCUT2D eigenvalue weighted by atomic mass is 9.99. The lowest BCUT2D eigenvalue weighted by Crippen LogP contribution is -2.49. The van der Waals surface area contributed by atoms with Crippen molar-refractivity contribution in [2.75, 3.05) is 51.9 Å². The fourth-order valence-corrected chi connectivity index (χ4v) is 5.15. The largest absolute Gasteiger partial charge is 0.495 e. The number of aryl methyl sites for hydroxylation is 2. The Morgan fingerprint density at radius 3 is 2.54 bits per heavy atom. The molecule has 37 heavy (non-hydrogen) atoms. The minimum atomic E-state index is -0.403. The molecule has 1 N–H and O–H groups in total. The molecule has 2 aromatic carbocycles. The summed E-state index contributed by atoms with van der Waals surface area (Å²) in [5.74, 6) is 1.49. The fraction of sp³-hybridized carbons (Fsp3) is 0.407. The molecule has 1 saturated heterocycles. The van der Waals surface area contributed by atoms with Crippen LogP contribution in [-0.2, 0) is 11.3 Å². The number of nitrogens with zero attached hydrogens (tertiary/aromatic N) is 6. The topological polar surface area (TPSA) is 101 Å². The van der Waals surface area contributed by atoms with Crippen LogP contribution in [0.4, 0.5) is 5.69 Å². The molecule has 194 valence electrons. The first-order chi connectivity index (χ1) is 18.0. The van der Waals surface area contributed by atoms with Crippen molar-refractivity contribution in [1.82, 2.24) is 30.1 Å². The van der Waals surface area contributed by atoms with Gasteiger partial charge in [0.05, 0.1) is 31.5 Å². The Morgan fingerprint density at radius 1 is 1.03 bits per heavy atom. The van der Waals surface area contributed by atoms with Gasteiger partial charge >= 0.3 is 0 Å². The van der Waals surface area contributed by atoms with E-state index in [4.69, 9.17) is 9.47 Å². The minimum Gasteiger partial charge on any atom is -0.495 e. The quantitative estimate of drug-likeness (QED) is 0.392. The van der Waals surface area contributed by atoms with Crippen LogP contribution < -0.4 is 15.2 Å².